The number of nitrogens with one attached hydrogen (secondary N) is 1. The van der Waals surface area contributed by atoms with Gasteiger partial charge in [0.1, 0.15) is 12.2 Å². The van der Waals surface area contributed by atoms with Crippen molar-refractivity contribution in [3.05, 3.63) is 41.2 Å². The summed E-state index contributed by atoms with van der Waals surface area (Å²) in [5.74, 6) is 0.947. The lowest BCUT2D eigenvalue weighted by molar-refractivity contribution is 0.0915. The largest absolute Gasteiger partial charge is 0.393 e. The van der Waals surface area contributed by atoms with Gasteiger partial charge >= 0.3 is 0 Å². The molecule has 0 aliphatic heterocycles. The molecule has 0 aromatic carbocycles. The molecule has 3 rings (SSSR count). The Kier molecular flexibility index (Phi) is 4.62. The van der Waals surface area contributed by atoms with E-state index in [1.807, 2.05) is 31.5 Å². The van der Waals surface area contributed by atoms with Gasteiger partial charge < -0.3 is 15.0 Å². The van der Waals surface area contributed by atoms with Gasteiger partial charge in [-0.05, 0) is 38.8 Å². The topological polar surface area (TPSA) is 92.9 Å². The quantitative estimate of drug-likeness (QED) is 0.876. The number of carbonyl (C=O) groups is 1. The average Bonchev–Trinajstić information content (AvgIpc) is 3.10. The predicted molar refractivity (Wildman–Crippen MR) is 88.5 cm³/mol. The smallest absolute Gasteiger partial charge is 0.253 e. The van der Waals surface area contributed by atoms with E-state index in [2.05, 4.69) is 20.5 Å². The van der Waals surface area contributed by atoms with Crippen LogP contribution in [0.2, 0.25) is 0 Å². The first-order valence-electron chi connectivity index (χ1n) is 8.20. The zero-order valence-corrected chi connectivity index (χ0v) is 14.2. The summed E-state index contributed by atoms with van der Waals surface area (Å²) in [6, 6.07) is 3.62. The van der Waals surface area contributed by atoms with Gasteiger partial charge in [0.2, 0.25) is 0 Å². The second-order valence-electron chi connectivity index (χ2n) is 6.59. The van der Waals surface area contributed by atoms with E-state index < -0.39 is 6.10 Å². The van der Waals surface area contributed by atoms with E-state index in [1.165, 1.54) is 0 Å². The monoisotopic (exact) mass is 329 g/mol. The van der Waals surface area contributed by atoms with Crippen LogP contribution in [-0.4, -0.2) is 43.4 Å². The first-order valence-corrected chi connectivity index (χ1v) is 8.20. The highest BCUT2D eigenvalue weighted by molar-refractivity contribution is 5.95. The number of amides is 1. The van der Waals surface area contributed by atoms with Crippen molar-refractivity contribution in [2.24, 2.45) is 13.0 Å². The number of hydrogen-bond acceptors (Lipinski definition) is 5. The normalized spacial score (nSPS) is 23.4. The van der Waals surface area contributed by atoms with Gasteiger partial charge in [0.05, 0.1) is 17.4 Å². The molecule has 24 heavy (non-hydrogen) atoms. The second kappa shape index (κ2) is 6.68. The summed E-state index contributed by atoms with van der Waals surface area (Å²) in [5, 5.41) is 21.3. The van der Waals surface area contributed by atoms with Gasteiger partial charge in [-0.25, -0.2) is 0 Å². The van der Waals surface area contributed by atoms with Gasteiger partial charge in [0.25, 0.3) is 5.91 Å². The van der Waals surface area contributed by atoms with Crippen molar-refractivity contribution in [3.63, 3.8) is 0 Å². The van der Waals surface area contributed by atoms with Gasteiger partial charge in [0.15, 0.2) is 0 Å². The molecule has 0 radical (unpaired) electrons. The maximum atomic E-state index is 12.3. The van der Waals surface area contributed by atoms with E-state index in [0.29, 0.717) is 18.5 Å². The summed E-state index contributed by atoms with van der Waals surface area (Å²) >= 11 is 0. The highest BCUT2D eigenvalue weighted by Gasteiger charge is 2.36. The zero-order chi connectivity index (χ0) is 17.3. The minimum atomic E-state index is -0.441. The van der Waals surface area contributed by atoms with Crippen LogP contribution in [0.15, 0.2) is 18.5 Å². The molecule has 2 heterocycles. The molecular formula is C17H23N5O2. The first-order chi connectivity index (χ1) is 11.5. The number of aromatic nitrogens is 4. The highest BCUT2D eigenvalue weighted by Crippen LogP contribution is 2.37. The number of hydrogen-bond donors (Lipinski definition) is 2. The fraction of sp³-hybridized carbons (Fsp3) is 0.529. The Bertz CT molecular complexity index is 742. The number of rotatable bonds is 4. The van der Waals surface area contributed by atoms with E-state index >= 15 is 0 Å². The lowest BCUT2D eigenvalue weighted by Crippen LogP contribution is -2.33. The molecule has 0 bridgehead atoms. The molecule has 1 aliphatic carbocycles. The fourth-order valence-electron chi connectivity index (χ4n) is 3.44. The maximum Gasteiger partial charge on any atom is 0.253 e. The summed E-state index contributed by atoms with van der Waals surface area (Å²) in [5.41, 5.74) is 2.19. The Balaban J connectivity index is 1.60. The summed E-state index contributed by atoms with van der Waals surface area (Å²) in [6.45, 7) is 4.17. The van der Waals surface area contributed by atoms with E-state index in [0.717, 1.165) is 23.6 Å². The molecule has 0 spiro atoms. The molecule has 128 valence electrons. The minimum absolute atomic E-state index is 0.0226. The van der Waals surface area contributed by atoms with E-state index in [4.69, 9.17) is 0 Å². The van der Waals surface area contributed by atoms with Crippen LogP contribution in [0.4, 0.5) is 0 Å². The Morgan fingerprint density at radius 2 is 2.17 bits per heavy atom. The highest BCUT2D eigenvalue weighted by atomic mass is 16.3. The number of nitrogens with zero attached hydrogens (tertiary/aromatic N) is 4. The zero-order valence-electron chi connectivity index (χ0n) is 14.2. The molecule has 1 aliphatic rings. The molecular weight excluding hydrogens is 306 g/mol. The third-order valence-corrected chi connectivity index (χ3v) is 4.76. The molecule has 2 aromatic heterocycles. The third-order valence-electron chi connectivity index (χ3n) is 4.76. The molecule has 0 saturated heterocycles. The van der Waals surface area contributed by atoms with Gasteiger partial charge in [-0.2, -0.15) is 0 Å². The van der Waals surface area contributed by atoms with Gasteiger partial charge in [-0.3, -0.25) is 9.78 Å². The van der Waals surface area contributed by atoms with Crippen LogP contribution >= 0.6 is 0 Å². The van der Waals surface area contributed by atoms with Crippen molar-refractivity contribution in [1.82, 2.24) is 25.1 Å². The molecule has 1 amide bonds. The third kappa shape index (κ3) is 3.31. The molecule has 1 fully saturated rings. The Hall–Kier alpha value is -2.28. The predicted octanol–water partition coefficient (Wildman–Crippen LogP) is 1.11. The summed E-state index contributed by atoms with van der Waals surface area (Å²) in [7, 11) is 1.91. The van der Waals surface area contributed by atoms with Crippen molar-refractivity contribution in [1.29, 1.82) is 0 Å². The second-order valence-corrected chi connectivity index (χ2v) is 6.59. The lowest BCUT2D eigenvalue weighted by atomic mass is 10.0. The number of pyridine rings is 1. The fourth-order valence-corrected chi connectivity index (χ4v) is 3.44. The number of aryl methyl sites for hydroxylation is 3. The van der Waals surface area contributed by atoms with Crippen molar-refractivity contribution in [2.45, 2.75) is 38.7 Å². The van der Waals surface area contributed by atoms with Crippen LogP contribution in [0.1, 0.15) is 46.3 Å². The Morgan fingerprint density at radius 1 is 1.38 bits per heavy atom. The van der Waals surface area contributed by atoms with Gasteiger partial charge in [-0.15, -0.1) is 10.2 Å². The maximum absolute atomic E-state index is 12.3. The lowest BCUT2D eigenvalue weighted by Gasteiger charge is -2.15. The summed E-state index contributed by atoms with van der Waals surface area (Å²) < 4.78 is 1.89. The number of carbonyl (C=O) groups excluding carboxylic acids is 1. The van der Waals surface area contributed by atoms with Crippen LogP contribution in [0, 0.1) is 19.8 Å². The molecule has 2 N–H and O–H groups in total. The number of aliphatic hydroxyl groups excluding tert-OH is 1. The van der Waals surface area contributed by atoms with Crippen LogP contribution in [-0.2, 0) is 7.05 Å². The van der Waals surface area contributed by atoms with Crippen LogP contribution in [0.25, 0.3) is 0 Å². The molecule has 0 unspecified atom stereocenters. The van der Waals surface area contributed by atoms with Crippen molar-refractivity contribution < 1.29 is 9.90 Å². The Labute approximate surface area is 141 Å². The molecule has 1 saturated carbocycles. The van der Waals surface area contributed by atoms with E-state index in [-0.39, 0.29) is 17.7 Å². The Morgan fingerprint density at radius 3 is 2.83 bits per heavy atom. The van der Waals surface area contributed by atoms with Crippen LogP contribution in [0.3, 0.4) is 0 Å². The van der Waals surface area contributed by atoms with E-state index in [1.54, 1.807) is 12.4 Å². The summed E-state index contributed by atoms with van der Waals surface area (Å²) in [6.07, 6.45) is 2.67. The standard InChI is InChI=1S/C17H23N5O2/c1-10-4-5-14(11(2)20-10)17(24)18-8-13-6-12(7-15(13)23)16-21-19-9-22(16)3/h4-5,9,12-13,15,23H,6-8H2,1-3H3,(H,18,24)/t12-,13+,15+/m0/s1. The van der Waals surface area contributed by atoms with Gasteiger partial charge in [0, 0.05) is 31.1 Å². The first kappa shape index (κ1) is 16.6. The van der Waals surface area contributed by atoms with Crippen molar-refractivity contribution >= 4 is 5.91 Å². The van der Waals surface area contributed by atoms with Gasteiger partial charge in [-0.1, -0.05) is 0 Å². The molecule has 7 nitrogen and oxygen atoms in total. The molecule has 2 aromatic rings. The minimum Gasteiger partial charge on any atom is -0.393 e. The SMILES string of the molecule is Cc1ccc(C(=O)NC[C@H]2C[C@H](c3nncn3C)C[C@H]2O)c(C)n1. The van der Waals surface area contributed by atoms with Crippen LogP contribution in [0.5, 0.6) is 0 Å². The molecule has 3 atom stereocenters. The number of aliphatic hydroxyl groups is 1. The average molecular weight is 329 g/mol. The van der Waals surface area contributed by atoms with E-state index in [9.17, 15) is 9.90 Å². The summed E-state index contributed by atoms with van der Waals surface area (Å²) in [4.78, 5) is 16.7. The molecule has 7 heteroatoms. The van der Waals surface area contributed by atoms with Crippen molar-refractivity contribution in [3.8, 4) is 0 Å². The van der Waals surface area contributed by atoms with Crippen LogP contribution < -0.4 is 5.32 Å². The van der Waals surface area contributed by atoms with Crippen molar-refractivity contribution in [2.75, 3.05) is 6.54 Å².